The molecule has 0 saturated carbocycles. The fourth-order valence-corrected chi connectivity index (χ4v) is 3.49. The third-order valence-electron chi connectivity index (χ3n) is 4.59. The number of benzene rings is 2. The van der Waals surface area contributed by atoms with Crippen LogP contribution in [0.1, 0.15) is 44.4 Å². The summed E-state index contributed by atoms with van der Waals surface area (Å²) in [6.07, 6.45) is 0.516. The molecule has 1 atom stereocenters. The highest BCUT2D eigenvalue weighted by molar-refractivity contribution is 6.30. The van der Waals surface area contributed by atoms with Crippen LogP contribution in [0.3, 0.4) is 0 Å². The van der Waals surface area contributed by atoms with Gasteiger partial charge in [0.25, 0.3) is 0 Å². The monoisotopic (exact) mass is 420 g/mol. The fraction of sp³-hybridized carbons (Fsp3) is 0.409. The lowest BCUT2D eigenvalue weighted by atomic mass is 10.0. The number of nitrogens with zero attached hydrogens (tertiary/aromatic N) is 1. The van der Waals surface area contributed by atoms with Crippen LogP contribution in [0.15, 0.2) is 48.5 Å². The summed E-state index contributed by atoms with van der Waals surface area (Å²) in [4.78, 5) is 14.3. The highest BCUT2D eigenvalue weighted by atomic mass is 35.5. The Kier molecular flexibility index (Phi) is 6.54. The van der Waals surface area contributed by atoms with Crippen LogP contribution in [0, 0.1) is 0 Å². The van der Waals surface area contributed by atoms with E-state index in [2.05, 4.69) is 5.32 Å². The Bertz CT molecular complexity index is 755. The van der Waals surface area contributed by atoms with E-state index in [1.54, 1.807) is 0 Å². The summed E-state index contributed by atoms with van der Waals surface area (Å²) in [5.74, 6) is 0. The maximum atomic E-state index is 12.4. The molecule has 1 heterocycles. The van der Waals surface area contributed by atoms with E-state index in [9.17, 15) is 4.79 Å². The first kappa shape index (κ1) is 21.0. The van der Waals surface area contributed by atoms with E-state index in [0.717, 1.165) is 17.5 Å². The summed E-state index contributed by atoms with van der Waals surface area (Å²) < 4.78 is 6.47. The predicted molar refractivity (Wildman–Crippen MR) is 114 cm³/mol. The maximum absolute atomic E-state index is 12.4. The van der Waals surface area contributed by atoms with Crippen molar-refractivity contribution in [2.24, 2.45) is 0 Å². The Morgan fingerprint density at radius 3 is 2.00 bits per heavy atom. The molecule has 2 amide bonds. The maximum Gasteiger partial charge on any atom is 0.317 e. The van der Waals surface area contributed by atoms with Crippen LogP contribution in [0.25, 0.3) is 0 Å². The minimum atomic E-state index is -0.259. The van der Waals surface area contributed by atoms with E-state index in [1.165, 1.54) is 0 Å². The number of nitrogens with one attached hydrogen (secondary N) is 1. The Hall–Kier alpha value is -1.75. The topological polar surface area (TPSA) is 41.6 Å². The lowest BCUT2D eigenvalue weighted by Gasteiger charge is -2.26. The zero-order valence-electron chi connectivity index (χ0n) is 16.4. The summed E-state index contributed by atoms with van der Waals surface area (Å²) in [5.41, 5.74) is 1.78. The molecule has 0 bridgehead atoms. The minimum Gasteiger partial charge on any atom is -0.364 e. The van der Waals surface area contributed by atoms with Gasteiger partial charge in [-0.15, -0.1) is 0 Å². The van der Waals surface area contributed by atoms with Crippen LogP contribution in [0.2, 0.25) is 10.0 Å². The molecular weight excluding hydrogens is 395 g/mol. The van der Waals surface area contributed by atoms with Crippen molar-refractivity contribution in [2.75, 3.05) is 13.1 Å². The number of likely N-dealkylation sites (tertiary alicyclic amines) is 1. The van der Waals surface area contributed by atoms with Gasteiger partial charge in [0.05, 0.1) is 6.10 Å². The molecule has 6 heteroatoms. The van der Waals surface area contributed by atoms with Gasteiger partial charge in [-0.3, -0.25) is 0 Å². The number of halogens is 2. The van der Waals surface area contributed by atoms with Gasteiger partial charge in [-0.1, -0.05) is 47.5 Å². The average Bonchev–Trinajstić information content (AvgIpc) is 3.09. The molecule has 150 valence electrons. The van der Waals surface area contributed by atoms with Gasteiger partial charge in [0.15, 0.2) is 0 Å². The molecule has 1 N–H and O–H groups in total. The number of amides is 2. The molecule has 4 nitrogen and oxygen atoms in total. The number of ether oxygens (including phenoxy) is 1. The lowest BCUT2D eigenvalue weighted by Crippen LogP contribution is -2.48. The summed E-state index contributed by atoms with van der Waals surface area (Å²) in [6, 6.07) is 15.3. The van der Waals surface area contributed by atoms with Crippen LogP contribution in [-0.2, 0) is 4.74 Å². The SMILES string of the molecule is CC(C)(C)NC(=O)N1CCC(OC(c2ccc(Cl)cc2)c2ccc(Cl)cc2)C1. The second kappa shape index (κ2) is 8.73. The molecule has 1 unspecified atom stereocenters. The van der Waals surface area contributed by atoms with Crippen molar-refractivity contribution in [1.29, 1.82) is 0 Å². The van der Waals surface area contributed by atoms with Crippen molar-refractivity contribution >= 4 is 29.2 Å². The van der Waals surface area contributed by atoms with Crippen molar-refractivity contribution in [3.05, 3.63) is 69.7 Å². The highest BCUT2D eigenvalue weighted by Gasteiger charge is 2.31. The zero-order valence-corrected chi connectivity index (χ0v) is 17.9. The van der Waals surface area contributed by atoms with Crippen molar-refractivity contribution in [2.45, 2.75) is 44.9 Å². The van der Waals surface area contributed by atoms with Crippen LogP contribution in [0.4, 0.5) is 4.79 Å². The van der Waals surface area contributed by atoms with Crippen molar-refractivity contribution in [3.8, 4) is 0 Å². The van der Waals surface area contributed by atoms with Gasteiger partial charge in [0.2, 0.25) is 0 Å². The number of carbonyl (C=O) groups excluding carboxylic acids is 1. The highest BCUT2D eigenvalue weighted by Crippen LogP contribution is 2.31. The van der Waals surface area contributed by atoms with E-state index >= 15 is 0 Å². The molecule has 0 radical (unpaired) electrons. The Balaban J connectivity index is 1.74. The number of rotatable bonds is 4. The lowest BCUT2D eigenvalue weighted by molar-refractivity contribution is 0.0159. The molecule has 2 aromatic rings. The first-order valence-electron chi connectivity index (χ1n) is 9.45. The normalized spacial score (nSPS) is 17.2. The quantitative estimate of drug-likeness (QED) is 0.690. The number of hydrogen-bond donors (Lipinski definition) is 1. The Labute approximate surface area is 176 Å². The minimum absolute atomic E-state index is 0.0397. The van der Waals surface area contributed by atoms with Gasteiger partial charge in [-0.2, -0.15) is 0 Å². The van der Waals surface area contributed by atoms with Crippen LogP contribution >= 0.6 is 23.2 Å². The van der Waals surface area contributed by atoms with Gasteiger partial charge in [-0.05, 0) is 62.6 Å². The van der Waals surface area contributed by atoms with Gasteiger partial charge in [-0.25, -0.2) is 4.79 Å². The van der Waals surface area contributed by atoms with E-state index in [-0.39, 0.29) is 23.8 Å². The Morgan fingerprint density at radius 1 is 1.04 bits per heavy atom. The fourth-order valence-electron chi connectivity index (χ4n) is 3.24. The van der Waals surface area contributed by atoms with Crippen molar-refractivity contribution in [1.82, 2.24) is 10.2 Å². The largest absolute Gasteiger partial charge is 0.364 e. The first-order valence-corrected chi connectivity index (χ1v) is 10.2. The van der Waals surface area contributed by atoms with E-state index < -0.39 is 0 Å². The molecular formula is C22H26Cl2N2O2. The molecule has 1 fully saturated rings. The number of urea groups is 1. The summed E-state index contributed by atoms with van der Waals surface area (Å²) in [5, 5.41) is 4.38. The molecule has 1 saturated heterocycles. The summed E-state index contributed by atoms with van der Waals surface area (Å²) in [7, 11) is 0. The summed E-state index contributed by atoms with van der Waals surface area (Å²) in [6.45, 7) is 7.18. The van der Waals surface area contributed by atoms with Crippen molar-refractivity contribution in [3.63, 3.8) is 0 Å². The number of carbonyl (C=O) groups is 1. The zero-order chi connectivity index (χ0) is 20.3. The van der Waals surface area contributed by atoms with Crippen LogP contribution in [0.5, 0.6) is 0 Å². The molecule has 0 spiro atoms. The molecule has 1 aliphatic heterocycles. The third kappa shape index (κ3) is 5.63. The van der Waals surface area contributed by atoms with E-state index in [0.29, 0.717) is 23.1 Å². The third-order valence-corrected chi connectivity index (χ3v) is 5.09. The molecule has 3 rings (SSSR count). The van der Waals surface area contributed by atoms with Gasteiger partial charge >= 0.3 is 6.03 Å². The van der Waals surface area contributed by atoms with Crippen LogP contribution in [-0.4, -0.2) is 35.7 Å². The predicted octanol–water partition coefficient (Wildman–Crippen LogP) is 5.68. The molecule has 0 aromatic heterocycles. The first-order chi connectivity index (χ1) is 13.2. The second-order valence-electron chi connectivity index (χ2n) is 8.16. The smallest absolute Gasteiger partial charge is 0.317 e. The average molecular weight is 421 g/mol. The molecule has 1 aliphatic rings. The molecule has 0 aliphatic carbocycles. The van der Waals surface area contributed by atoms with Crippen molar-refractivity contribution < 1.29 is 9.53 Å². The van der Waals surface area contributed by atoms with Gasteiger partial charge in [0, 0.05) is 28.7 Å². The van der Waals surface area contributed by atoms with Gasteiger partial charge < -0.3 is 15.0 Å². The number of hydrogen-bond acceptors (Lipinski definition) is 2. The van der Waals surface area contributed by atoms with E-state index in [4.69, 9.17) is 27.9 Å². The summed E-state index contributed by atoms with van der Waals surface area (Å²) >= 11 is 12.1. The van der Waals surface area contributed by atoms with Crippen LogP contribution < -0.4 is 5.32 Å². The van der Waals surface area contributed by atoms with E-state index in [1.807, 2.05) is 74.2 Å². The second-order valence-corrected chi connectivity index (χ2v) is 9.03. The standard InChI is InChI=1S/C22H26Cl2N2O2/c1-22(2,3)25-21(27)26-13-12-19(14-26)28-20(15-4-8-17(23)9-5-15)16-6-10-18(24)11-7-16/h4-11,19-20H,12-14H2,1-3H3,(H,25,27). The molecule has 2 aromatic carbocycles. The Morgan fingerprint density at radius 2 is 1.54 bits per heavy atom. The van der Waals surface area contributed by atoms with Gasteiger partial charge in [0.1, 0.15) is 6.10 Å². The molecule has 28 heavy (non-hydrogen) atoms.